The molecule has 1 N–H and O–H groups in total. The molecule has 29 heavy (non-hydrogen) atoms. The van der Waals surface area contributed by atoms with Gasteiger partial charge in [0.25, 0.3) is 0 Å². The minimum absolute atomic E-state index is 0.164. The second kappa shape index (κ2) is 11.6. The van der Waals surface area contributed by atoms with Crippen LogP contribution in [0.2, 0.25) is 0 Å². The SMILES string of the molecule is CCOc1ccc(CCNC(=O)/C=C/c2cc(OC)cc(OC)c2)cc1OCC. The Kier molecular flexibility index (Phi) is 8.89. The van der Waals surface area contributed by atoms with E-state index in [-0.39, 0.29) is 5.91 Å². The molecular weight excluding hydrogens is 370 g/mol. The highest BCUT2D eigenvalue weighted by Crippen LogP contribution is 2.28. The maximum absolute atomic E-state index is 12.1. The quantitative estimate of drug-likeness (QED) is 0.581. The summed E-state index contributed by atoms with van der Waals surface area (Å²) in [5.74, 6) is 2.64. The molecule has 0 aliphatic heterocycles. The molecule has 0 saturated heterocycles. The molecule has 6 nitrogen and oxygen atoms in total. The molecular formula is C23H29NO5. The summed E-state index contributed by atoms with van der Waals surface area (Å²) < 4.78 is 21.7. The largest absolute Gasteiger partial charge is 0.497 e. The van der Waals surface area contributed by atoms with E-state index in [1.54, 1.807) is 26.4 Å². The van der Waals surface area contributed by atoms with Gasteiger partial charge in [0.05, 0.1) is 27.4 Å². The van der Waals surface area contributed by atoms with Gasteiger partial charge in [0.1, 0.15) is 11.5 Å². The molecule has 2 aromatic carbocycles. The van der Waals surface area contributed by atoms with Crippen molar-refractivity contribution in [2.45, 2.75) is 20.3 Å². The average Bonchev–Trinajstić information content (AvgIpc) is 2.74. The van der Waals surface area contributed by atoms with Gasteiger partial charge in [0.2, 0.25) is 5.91 Å². The summed E-state index contributed by atoms with van der Waals surface area (Å²) in [4.78, 5) is 12.1. The first-order chi connectivity index (χ1) is 14.1. The average molecular weight is 399 g/mol. The Hall–Kier alpha value is -3.15. The fraction of sp³-hybridized carbons (Fsp3) is 0.348. The number of ether oxygens (including phenoxy) is 4. The van der Waals surface area contributed by atoms with Gasteiger partial charge in [-0.2, -0.15) is 0 Å². The molecule has 0 bridgehead atoms. The minimum Gasteiger partial charge on any atom is -0.497 e. The molecule has 2 aromatic rings. The minimum atomic E-state index is -0.164. The zero-order valence-corrected chi connectivity index (χ0v) is 17.5. The van der Waals surface area contributed by atoms with E-state index < -0.39 is 0 Å². The summed E-state index contributed by atoms with van der Waals surface area (Å²) in [7, 11) is 3.18. The second-order valence-corrected chi connectivity index (χ2v) is 6.17. The van der Waals surface area contributed by atoms with Crippen LogP contribution in [0.15, 0.2) is 42.5 Å². The molecule has 156 valence electrons. The van der Waals surface area contributed by atoms with E-state index in [0.717, 1.165) is 22.6 Å². The van der Waals surface area contributed by atoms with Gasteiger partial charge in [-0.25, -0.2) is 0 Å². The Morgan fingerprint density at radius 3 is 2.21 bits per heavy atom. The van der Waals surface area contributed by atoms with Crippen LogP contribution in [0.5, 0.6) is 23.0 Å². The monoisotopic (exact) mass is 399 g/mol. The van der Waals surface area contributed by atoms with Crippen LogP contribution in [0, 0.1) is 0 Å². The Bertz CT molecular complexity index is 810. The number of hydrogen-bond acceptors (Lipinski definition) is 5. The van der Waals surface area contributed by atoms with Crippen LogP contribution in [-0.2, 0) is 11.2 Å². The Morgan fingerprint density at radius 2 is 1.59 bits per heavy atom. The molecule has 0 aliphatic rings. The number of carbonyl (C=O) groups is 1. The molecule has 0 aromatic heterocycles. The van der Waals surface area contributed by atoms with Crippen molar-refractivity contribution >= 4 is 12.0 Å². The van der Waals surface area contributed by atoms with Gasteiger partial charge in [0.15, 0.2) is 11.5 Å². The van der Waals surface area contributed by atoms with Crippen LogP contribution in [0.25, 0.3) is 6.08 Å². The third-order valence-electron chi connectivity index (χ3n) is 4.12. The van der Waals surface area contributed by atoms with Gasteiger partial charge < -0.3 is 24.3 Å². The third kappa shape index (κ3) is 7.07. The first-order valence-electron chi connectivity index (χ1n) is 9.67. The lowest BCUT2D eigenvalue weighted by atomic mass is 10.1. The first-order valence-corrected chi connectivity index (χ1v) is 9.67. The van der Waals surface area contributed by atoms with Crippen molar-refractivity contribution in [3.05, 3.63) is 53.6 Å². The maximum atomic E-state index is 12.1. The van der Waals surface area contributed by atoms with Gasteiger partial charge in [-0.1, -0.05) is 6.07 Å². The molecule has 0 saturated carbocycles. The summed E-state index contributed by atoms with van der Waals surface area (Å²) >= 11 is 0. The predicted octanol–water partition coefficient (Wildman–Crippen LogP) is 3.87. The molecule has 0 unspecified atom stereocenters. The number of carbonyl (C=O) groups excluding carboxylic acids is 1. The first kappa shape index (κ1) is 22.1. The highest BCUT2D eigenvalue weighted by molar-refractivity contribution is 5.91. The van der Waals surface area contributed by atoms with Crippen molar-refractivity contribution in [2.24, 2.45) is 0 Å². The van der Waals surface area contributed by atoms with Crippen molar-refractivity contribution in [2.75, 3.05) is 34.0 Å². The van der Waals surface area contributed by atoms with E-state index in [9.17, 15) is 4.79 Å². The van der Waals surface area contributed by atoms with Crippen LogP contribution in [0.3, 0.4) is 0 Å². The Morgan fingerprint density at radius 1 is 0.931 bits per heavy atom. The normalized spacial score (nSPS) is 10.6. The summed E-state index contributed by atoms with van der Waals surface area (Å²) in [6.07, 6.45) is 3.92. The number of benzene rings is 2. The molecule has 0 spiro atoms. The number of hydrogen-bond donors (Lipinski definition) is 1. The Balaban J connectivity index is 1.91. The molecule has 1 amide bonds. The zero-order valence-electron chi connectivity index (χ0n) is 17.5. The smallest absolute Gasteiger partial charge is 0.244 e. The van der Waals surface area contributed by atoms with E-state index >= 15 is 0 Å². The summed E-state index contributed by atoms with van der Waals surface area (Å²) in [6.45, 7) is 5.55. The standard InChI is InChI=1S/C23H29NO5/c1-5-28-21-9-7-17(15-22(21)29-6-2)11-12-24-23(25)10-8-18-13-19(26-3)16-20(14-18)27-4/h7-10,13-16H,5-6,11-12H2,1-4H3,(H,24,25)/b10-8+. The topological polar surface area (TPSA) is 66.0 Å². The fourth-order valence-corrected chi connectivity index (χ4v) is 2.74. The molecule has 0 aliphatic carbocycles. The predicted molar refractivity (Wildman–Crippen MR) is 114 cm³/mol. The van der Waals surface area contributed by atoms with Crippen molar-refractivity contribution in [3.63, 3.8) is 0 Å². The summed E-state index contributed by atoms with van der Waals surface area (Å²) in [6, 6.07) is 11.3. The molecule has 6 heteroatoms. The van der Waals surface area contributed by atoms with Gasteiger partial charge in [-0.15, -0.1) is 0 Å². The van der Waals surface area contributed by atoms with E-state index in [1.807, 2.05) is 44.2 Å². The third-order valence-corrected chi connectivity index (χ3v) is 4.12. The highest BCUT2D eigenvalue weighted by atomic mass is 16.5. The maximum Gasteiger partial charge on any atom is 0.244 e. The number of nitrogens with one attached hydrogen (secondary N) is 1. The lowest BCUT2D eigenvalue weighted by molar-refractivity contribution is -0.116. The number of rotatable bonds is 11. The second-order valence-electron chi connectivity index (χ2n) is 6.17. The lowest BCUT2D eigenvalue weighted by Gasteiger charge is -2.12. The Labute approximate surface area is 172 Å². The number of methoxy groups -OCH3 is 2. The van der Waals surface area contributed by atoms with Crippen LogP contribution >= 0.6 is 0 Å². The highest BCUT2D eigenvalue weighted by Gasteiger charge is 2.06. The summed E-state index contributed by atoms with van der Waals surface area (Å²) in [5.41, 5.74) is 1.89. The molecule has 0 fully saturated rings. The van der Waals surface area contributed by atoms with E-state index in [1.165, 1.54) is 6.08 Å². The van der Waals surface area contributed by atoms with Gasteiger partial charge in [-0.3, -0.25) is 4.79 Å². The van der Waals surface area contributed by atoms with E-state index in [0.29, 0.717) is 37.7 Å². The summed E-state index contributed by atoms with van der Waals surface area (Å²) in [5, 5.41) is 2.89. The van der Waals surface area contributed by atoms with Crippen LogP contribution in [0.1, 0.15) is 25.0 Å². The van der Waals surface area contributed by atoms with Crippen LogP contribution in [0.4, 0.5) is 0 Å². The number of amides is 1. The van der Waals surface area contributed by atoms with Crippen molar-refractivity contribution in [3.8, 4) is 23.0 Å². The molecule has 0 radical (unpaired) electrons. The molecule has 2 rings (SSSR count). The lowest BCUT2D eigenvalue weighted by Crippen LogP contribution is -2.23. The van der Waals surface area contributed by atoms with Crippen LogP contribution in [-0.4, -0.2) is 39.9 Å². The van der Waals surface area contributed by atoms with Gasteiger partial charge >= 0.3 is 0 Å². The van der Waals surface area contributed by atoms with Gasteiger partial charge in [0, 0.05) is 18.7 Å². The fourth-order valence-electron chi connectivity index (χ4n) is 2.74. The van der Waals surface area contributed by atoms with Gasteiger partial charge in [-0.05, 0) is 61.7 Å². The van der Waals surface area contributed by atoms with Crippen molar-refractivity contribution in [1.82, 2.24) is 5.32 Å². The molecule has 0 atom stereocenters. The van der Waals surface area contributed by atoms with Crippen molar-refractivity contribution < 1.29 is 23.7 Å². The van der Waals surface area contributed by atoms with Crippen LogP contribution < -0.4 is 24.3 Å². The van der Waals surface area contributed by atoms with E-state index in [2.05, 4.69) is 5.32 Å². The zero-order chi connectivity index (χ0) is 21.1. The molecule has 0 heterocycles. The van der Waals surface area contributed by atoms with E-state index in [4.69, 9.17) is 18.9 Å². The van der Waals surface area contributed by atoms with Crippen molar-refractivity contribution in [1.29, 1.82) is 0 Å².